The first kappa shape index (κ1) is 21.8. The fourth-order valence-electron chi connectivity index (χ4n) is 3.18. The molecule has 0 spiro atoms. The van der Waals surface area contributed by atoms with Gasteiger partial charge in [-0.2, -0.15) is 0 Å². The van der Waals surface area contributed by atoms with E-state index in [0.29, 0.717) is 33.6 Å². The highest BCUT2D eigenvalue weighted by Crippen LogP contribution is 2.26. The summed E-state index contributed by atoms with van der Waals surface area (Å²) in [6, 6.07) is 12.6. The summed E-state index contributed by atoms with van der Waals surface area (Å²) < 4.78 is 19.8. The Morgan fingerprint density at radius 3 is 2.50 bits per heavy atom. The largest absolute Gasteiger partial charge is 0.463 e. The number of ether oxygens (including phenoxy) is 1. The van der Waals surface area contributed by atoms with Crippen LogP contribution in [0.15, 0.2) is 48.5 Å². The van der Waals surface area contributed by atoms with Crippen LogP contribution in [-0.4, -0.2) is 31.0 Å². The van der Waals surface area contributed by atoms with Crippen molar-refractivity contribution in [3.63, 3.8) is 0 Å². The minimum atomic E-state index is -0.576. The summed E-state index contributed by atoms with van der Waals surface area (Å²) in [5.41, 5.74) is 1.71. The summed E-state index contributed by atoms with van der Waals surface area (Å²) in [6.07, 6.45) is 0. The number of thiophene rings is 1. The van der Waals surface area contributed by atoms with Crippen molar-refractivity contribution in [3.05, 3.63) is 74.7 Å². The summed E-state index contributed by atoms with van der Waals surface area (Å²) in [5.74, 6) is -1.58. The lowest BCUT2D eigenvalue weighted by Gasteiger charge is -2.16. The normalized spacial score (nSPS) is 13.1. The molecule has 1 aliphatic heterocycles. The molecule has 3 N–H and O–H groups in total. The Morgan fingerprint density at radius 2 is 1.88 bits per heavy atom. The quantitative estimate of drug-likeness (QED) is 0.480. The third-order valence-electron chi connectivity index (χ3n) is 4.82. The SMILES string of the molecule is Cc1cc(NC(=O)c2ccc(Cl)s2)c(C(=O)Nc2ccc(N3CCOC3=N)cc2)cc1F. The van der Waals surface area contributed by atoms with Crippen molar-refractivity contribution < 1.29 is 18.7 Å². The lowest BCUT2D eigenvalue weighted by molar-refractivity contribution is 0.102. The molecule has 32 heavy (non-hydrogen) atoms. The van der Waals surface area contributed by atoms with E-state index in [9.17, 15) is 14.0 Å². The van der Waals surface area contributed by atoms with Gasteiger partial charge in [0, 0.05) is 11.4 Å². The highest BCUT2D eigenvalue weighted by molar-refractivity contribution is 7.18. The van der Waals surface area contributed by atoms with Crippen molar-refractivity contribution in [2.45, 2.75) is 6.92 Å². The van der Waals surface area contributed by atoms with Crippen molar-refractivity contribution in [1.82, 2.24) is 0 Å². The number of amidine groups is 1. The Bertz CT molecular complexity index is 1210. The molecule has 0 unspecified atom stereocenters. The van der Waals surface area contributed by atoms with E-state index in [1.807, 2.05) is 0 Å². The molecule has 0 atom stereocenters. The predicted octanol–water partition coefficient (Wildman–Crippen LogP) is 5.12. The second kappa shape index (κ2) is 8.97. The molecule has 0 aliphatic carbocycles. The van der Waals surface area contributed by atoms with Gasteiger partial charge in [0.2, 0.25) is 0 Å². The van der Waals surface area contributed by atoms with E-state index in [1.165, 1.54) is 6.07 Å². The van der Waals surface area contributed by atoms with E-state index >= 15 is 0 Å². The second-order valence-corrected chi connectivity index (χ2v) is 8.73. The molecule has 1 aliphatic rings. The second-order valence-electron chi connectivity index (χ2n) is 7.01. The van der Waals surface area contributed by atoms with Crippen LogP contribution in [0.25, 0.3) is 0 Å². The van der Waals surface area contributed by atoms with E-state index in [0.717, 1.165) is 23.1 Å². The minimum absolute atomic E-state index is 0.0112. The van der Waals surface area contributed by atoms with E-state index in [2.05, 4.69) is 10.6 Å². The number of aryl methyl sites for hydroxylation is 1. The lowest BCUT2D eigenvalue weighted by atomic mass is 10.1. The average molecular weight is 473 g/mol. The molecule has 2 heterocycles. The minimum Gasteiger partial charge on any atom is -0.463 e. The molecule has 1 fully saturated rings. The maximum Gasteiger partial charge on any atom is 0.289 e. The zero-order valence-corrected chi connectivity index (χ0v) is 18.4. The number of hydrogen-bond donors (Lipinski definition) is 3. The van der Waals surface area contributed by atoms with E-state index < -0.39 is 17.6 Å². The van der Waals surface area contributed by atoms with Gasteiger partial charge < -0.3 is 15.4 Å². The molecule has 0 saturated carbocycles. The van der Waals surface area contributed by atoms with E-state index in [-0.39, 0.29) is 17.3 Å². The van der Waals surface area contributed by atoms with Crippen LogP contribution in [0.4, 0.5) is 21.5 Å². The van der Waals surface area contributed by atoms with Crippen LogP contribution in [-0.2, 0) is 4.74 Å². The topological polar surface area (TPSA) is 94.5 Å². The average Bonchev–Trinajstić information content (AvgIpc) is 3.39. The van der Waals surface area contributed by atoms with Gasteiger partial charge in [0.05, 0.1) is 27.0 Å². The monoisotopic (exact) mass is 472 g/mol. The Hall–Kier alpha value is -3.43. The highest BCUT2D eigenvalue weighted by atomic mass is 35.5. The Balaban J connectivity index is 1.54. The van der Waals surface area contributed by atoms with Gasteiger partial charge in [-0.1, -0.05) is 11.6 Å². The molecule has 1 aromatic heterocycles. The summed E-state index contributed by atoms with van der Waals surface area (Å²) in [7, 11) is 0. The maximum atomic E-state index is 14.2. The lowest BCUT2D eigenvalue weighted by Crippen LogP contribution is -2.23. The number of hydrogen-bond acceptors (Lipinski definition) is 5. The third-order valence-corrected chi connectivity index (χ3v) is 6.05. The van der Waals surface area contributed by atoms with Crippen molar-refractivity contribution in [1.29, 1.82) is 5.41 Å². The third kappa shape index (κ3) is 4.58. The molecule has 4 rings (SSSR count). The maximum absolute atomic E-state index is 14.2. The molecule has 3 aromatic rings. The first-order chi connectivity index (χ1) is 15.3. The van der Waals surface area contributed by atoms with Crippen molar-refractivity contribution in [2.75, 3.05) is 28.7 Å². The van der Waals surface area contributed by atoms with Crippen LogP contribution >= 0.6 is 22.9 Å². The standard InChI is InChI=1S/C22H18ClFN4O3S/c1-12-10-17(27-21(30)18-6-7-19(23)32-18)15(11-16(12)24)20(29)26-13-2-4-14(5-3-13)28-8-9-31-22(28)25/h2-7,10-11,25H,8-9H2,1H3,(H,26,29)(H,27,30). The van der Waals surface area contributed by atoms with Crippen LogP contribution in [0.5, 0.6) is 0 Å². The van der Waals surface area contributed by atoms with Crippen LogP contribution in [0, 0.1) is 18.2 Å². The molecule has 10 heteroatoms. The van der Waals surface area contributed by atoms with Gasteiger partial charge in [-0.15, -0.1) is 11.3 Å². The number of halogens is 2. The Kier molecular flexibility index (Phi) is 6.11. The van der Waals surface area contributed by atoms with Gasteiger partial charge in [-0.3, -0.25) is 19.9 Å². The van der Waals surface area contributed by atoms with Gasteiger partial charge in [0.15, 0.2) is 0 Å². The highest BCUT2D eigenvalue weighted by Gasteiger charge is 2.21. The number of amides is 2. The summed E-state index contributed by atoms with van der Waals surface area (Å²) in [6.45, 7) is 2.57. The van der Waals surface area contributed by atoms with Crippen LogP contribution < -0.4 is 15.5 Å². The first-order valence-corrected chi connectivity index (χ1v) is 10.8. The zero-order chi connectivity index (χ0) is 22.8. The van der Waals surface area contributed by atoms with Crippen LogP contribution in [0.3, 0.4) is 0 Å². The van der Waals surface area contributed by atoms with Crippen molar-refractivity contribution in [2.24, 2.45) is 0 Å². The van der Waals surface area contributed by atoms with E-state index in [1.54, 1.807) is 48.2 Å². The Labute approximate surface area is 192 Å². The summed E-state index contributed by atoms with van der Waals surface area (Å²) in [5, 5.41) is 13.1. The van der Waals surface area contributed by atoms with E-state index in [4.69, 9.17) is 21.7 Å². The molecule has 2 amide bonds. The van der Waals surface area contributed by atoms with Gasteiger partial charge in [0.1, 0.15) is 12.4 Å². The number of anilines is 3. The molecule has 0 bridgehead atoms. The van der Waals surface area contributed by atoms with Gasteiger partial charge >= 0.3 is 0 Å². The molecule has 2 aromatic carbocycles. The van der Waals surface area contributed by atoms with Crippen LogP contribution in [0.1, 0.15) is 25.6 Å². The number of carbonyl (C=O) groups is 2. The summed E-state index contributed by atoms with van der Waals surface area (Å²) >= 11 is 6.99. The predicted molar refractivity (Wildman–Crippen MR) is 124 cm³/mol. The molecule has 164 valence electrons. The van der Waals surface area contributed by atoms with Gasteiger partial charge in [-0.25, -0.2) is 4.39 Å². The fourth-order valence-corrected chi connectivity index (χ4v) is 4.11. The zero-order valence-electron chi connectivity index (χ0n) is 16.9. The van der Waals surface area contributed by atoms with Crippen LogP contribution in [0.2, 0.25) is 4.34 Å². The van der Waals surface area contributed by atoms with Gasteiger partial charge in [0.25, 0.3) is 17.8 Å². The fraction of sp³-hybridized carbons (Fsp3) is 0.136. The van der Waals surface area contributed by atoms with Crippen molar-refractivity contribution in [3.8, 4) is 0 Å². The number of carbonyl (C=O) groups excluding carboxylic acids is 2. The molecular formula is C22H18ClFN4O3S. The first-order valence-electron chi connectivity index (χ1n) is 9.59. The molecular weight excluding hydrogens is 455 g/mol. The number of benzene rings is 2. The number of nitrogens with zero attached hydrogens (tertiary/aromatic N) is 1. The Morgan fingerprint density at radius 1 is 1.12 bits per heavy atom. The molecule has 1 saturated heterocycles. The smallest absolute Gasteiger partial charge is 0.289 e. The van der Waals surface area contributed by atoms with Gasteiger partial charge in [-0.05, 0) is 61.0 Å². The number of rotatable bonds is 5. The summed E-state index contributed by atoms with van der Waals surface area (Å²) in [4.78, 5) is 27.5. The van der Waals surface area contributed by atoms with Crippen molar-refractivity contribution >= 4 is 57.8 Å². The number of nitrogens with one attached hydrogen (secondary N) is 3. The molecule has 0 radical (unpaired) electrons. The molecule has 7 nitrogen and oxygen atoms in total.